The van der Waals surface area contributed by atoms with E-state index in [2.05, 4.69) is 25.2 Å². The second kappa shape index (κ2) is 7.73. The predicted octanol–water partition coefficient (Wildman–Crippen LogP) is 3.73. The number of hydrogen-bond acceptors (Lipinski definition) is 2. The van der Waals surface area contributed by atoms with Gasteiger partial charge in [0, 0.05) is 17.8 Å². The first-order valence-corrected chi connectivity index (χ1v) is 9.23. The third-order valence-electron chi connectivity index (χ3n) is 4.85. The molecule has 2 aromatic rings. The summed E-state index contributed by atoms with van der Waals surface area (Å²) in [4.78, 5) is 27.8. The maximum atomic E-state index is 13.2. The van der Waals surface area contributed by atoms with Crippen molar-refractivity contribution in [3.8, 4) is 0 Å². The summed E-state index contributed by atoms with van der Waals surface area (Å²) in [6.07, 6.45) is 1.48. The van der Waals surface area contributed by atoms with Crippen molar-refractivity contribution in [2.75, 3.05) is 11.4 Å². The quantitative estimate of drug-likeness (QED) is 0.893. The number of hydrogen-bond donors (Lipinski definition) is 1. The predicted molar refractivity (Wildman–Crippen MR) is 104 cm³/mol. The van der Waals surface area contributed by atoms with Crippen molar-refractivity contribution in [1.29, 1.82) is 0 Å². The molecule has 0 spiro atoms. The molecule has 2 aromatic carbocycles. The number of aryl methyl sites for hydroxylation is 1. The highest BCUT2D eigenvalue weighted by atomic mass is 16.2. The maximum absolute atomic E-state index is 13.2. The van der Waals surface area contributed by atoms with Gasteiger partial charge in [-0.15, -0.1) is 0 Å². The Morgan fingerprint density at radius 1 is 1.08 bits per heavy atom. The minimum absolute atomic E-state index is 0.0226. The fourth-order valence-corrected chi connectivity index (χ4v) is 3.51. The number of rotatable bonds is 5. The zero-order valence-corrected chi connectivity index (χ0v) is 15.7. The molecule has 1 heterocycles. The van der Waals surface area contributed by atoms with Crippen molar-refractivity contribution in [1.82, 2.24) is 5.32 Å². The standard InChI is InChI=1S/C22H26N2O2/c1-15(2)14-19(23-21(25)18-10-6-4-8-16(18)3)22(26)24-13-12-17-9-5-7-11-20(17)24/h4-11,15,19H,12-14H2,1-3H3,(H,23,25). The zero-order chi connectivity index (χ0) is 18.7. The van der Waals surface area contributed by atoms with Gasteiger partial charge in [-0.1, -0.05) is 50.2 Å². The van der Waals surface area contributed by atoms with Crippen molar-refractivity contribution in [3.63, 3.8) is 0 Å². The van der Waals surface area contributed by atoms with Crippen LogP contribution in [0.1, 0.15) is 41.8 Å². The highest BCUT2D eigenvalue weighted by molar-refractivity contribution is 6.03. The lowest BCUT2D eigenvalue weighted by Crippen LogP contribution is -2.49. The van der Waals surface area contributed by atoms with E-state index in [4.69, 9.17) is 0 Å². The molecule has 1 unspecified atom stereocenters. The monoisotopic (exact) mass is 350 g/mol. The second-order valence-corrected chi connectivity index (χ2v) is 7.34. The second-order valence-electron chi connectivity index (χ2n) is 7.34. The highest BCUT2D eigenvalue weighted by Gasteiger charge is 2.31. The third-order valence-corrected chi connectivity index (χ3v) is 4.85. The summed E-state index contributed by atoms with van der Waals surface area (Å²) in [5, 5.41) is 2.98. The zero-order valence-electron chi connectivity index (χ0n) is 15.7. The number of nitrogens with zero attached hydrogens (tertiary/aromatic N) is 1. The number of nitrogens with one attached hydrogen (secondary N) is 1. The molecule has 136 valence electrons. The Balaban J connectivity index is 1.81. The van der Waals surface area contributed by atoms with Crippen molar-refractivity contribution >= 4 is 17.5 Å². The van der Waals surface area contributed by atoms with Crippen LogP contribution in [0.3, 0.4) is 0 Å². The summed E-state index contributed by atoms with van der Waals surface area (Å²) in [5.74, 6) is 0.0964. The fourth-order valence-electron chi connectivity index (χ4n) is 3.51. The molecule has 0 radical (unpaired) electrons. The summed E-state index contributed by atoms with van der Waals surface area (Å²) >= 11 is 0. The van der Waals surface area contributed by atoms with Crippen LogP contribution in [0.2, 0.25) is 0 Å². The third kappa shape index (κ3) is 3.79. The number of carbonyl (C=O) groups is 2. The van der Waals surface area contributed by atoms with Gasteiger partial charge in [-0.2, -0.15) is 0 Å². The van der Waals surface area contributed by atoms with E-state index < -0.39 is 6.04 Å². The van der Waals surface area contributed by atoms with Gasteiger partial charge in [-0.3, -0.25) is 9.59 Å². The average molecular weight is 350 g/mol. The lowest BCUT2D eigenvalue weighted by molar-refractivity contribution is -0.120. The Morgan fingerprint density at radius 3 is 2.50 bits per heavy atom. The summed E-state index contributed by atoms with van der Waals surface area (Å²) in [6.45, 7) is 6.72. The van der Waals surface area contributed by atoms with Crippen LogP contribution in [0.25, 0.3) is 0 Å². The number of amides is 2. The minimum Gasteiger partial charge on any atom is -0.340 e. The first kappa shape index (κ1) is 18.2. The highest BCUT2D eigenvalue weighted by Crippen LogP contribution is 2.28. The van der Waals surface area contributed by atoms with Gasteiger partial charge in [0.15, 0.2) is 0 Å². The molecule has 26 heavy (non-hydrogen) atoms. The Kier molecular flexibility index (Phi) is 5.40. The topological polar surface area (TPSA) is 49.4 Å². The summed E-state index contributed by atoms with van der Waals surface area (Å²) in [7, 11) is 0. The summed E-state index contributed by atoms with van der Waals surface area (Å²) in [5.41, 5.74) is 3.69. The van der Waals surface area contributed by atoms with Crippen molar-refractivity contribution in [2.45, 2.75) is 39.7 Å². The van der Waals surface area contributed by atoms with Crippen LogP contribution in [0, 0.1) is 12.8 Å². The smallest absolute Gasteiger partial charge is 0.252 e. The average Bonchev–Trinajstić information content (AvgIpc) is 3.04. The molecule has 1 atom stereocenters. The molecule has 1 aliphatic heterocycles. The molecule has 1 N–H and O–H groups in total. The molecule has 0 aromatic heterocycles. The Hall–Kier alpha value is -2.62. The van der Waals surface area contributed by atoms with Gasteiger partial charge >= 0.3 is 0 Å². The van der Waals surface area contributed by atoms with Crippen LogP contribution in [-0.4, -0.2) is 24.4 Å². The van der Waals surface area contributed by atoms with Crippen molar-refractivity contribution < 1.29 is 9.59 Å². The van der Waals surface area contributed by atoms with E-state index in [1.54, 1.807) is 6.07 Å². The molecule has 0 aliphatic carbocycles. The molecule has 3 rings (SSSR count). The molecule has 1 aliphatic rings. The van der Waals surface area contributed by atoms with Crippen LogP contribution < -0.4 is 10.2 Å². The summed E-state index contributed by atoms with van der Waals surface area (Å²) < 4.78 is 0. The van der Waals surface area contributed by atoms with Crippen LogP contribution in [0.5, 0.6) is 0 Å². The number of anilines is 1. The lowest BCUT2D eigenvalue weighted by atomic mass is 10.0. The minimum atomic E-state index is -0.520. The van der Waals surface area contributed by atoms with Gasteiger partial charge in [0.25, 0.3) is 5.91 Å². The lowest BCUT2D eigenvalue weighted by Gasteiger charge is -2.26. The largest absolute Gasteiger partial charge is 0.340 e. The van der Waals surface area contributed by atoms with Gasteiger partial charge < -0.3 is 10.2 Å². The van der Waals surface area contributed by atoms with Crippen molar-refractivity contribution in [3.05, 3.63) is 65.2 Å². The number of fused-ring (bicyclic) bond motifs is 1. The molecule has 0 saturated carbocycles. The van der Waals surface area contributed by atoms with E-state index in [9.17, 15) is 9.59 Å². The van der Waals surface area contributed by atoms with Crippen LogP contribution in [0.4, 0.5) is 5.69 Å². The van der Waals surface area contributed by atoms with E-state index in [1.807, 2.05) is 48.2 Å². The Labute approximate surface area is 155 Å². The normalized spacial score (nSPS) is 14.2. The van der Waals surface area contributed by atoms with Crippen molar-refractivity contribution in [2.24, 2.45) is 5.92 Å². The van der Waals surface area contributed by atoms with E-state index in [0.29, 0.717) is 24.4 Å². The molecule has 4 nitrogen and oxygen atoms in total. The number of benzene rings is 2. The molecule has 0 fully saturated rings. The van der Waals surface area contributed by atoms with E-state index in [0.717, 1.165) is 17.7 Å². The summed E-state index contributed by atoms with van der Waals surface area (Å²) in [6, 6.07) is 14.9. The molecule has 0 bridgehead atoms. The Morgan fingerprint density at radius 2 is 1.77 bits per heavy atom. The van der Waals surface area contributed by atoms with E-state index in [1.165, 1.54) is 5.56 Å². The van der Waals surface area contributed by atoms with Crippen LogP contribution in [0.15, 0.2) is 48.5 Å². The number of para-hydroxylation sites is 1. The molecular formula is C22H26N2O2. The molecular weight excluding hydrogens is 324 g/mol. The molecule has 2 amide bonds. The van der Waals surface area contributed by atoms with E-state index in [-0.39, 0.29) is 11.8 Å². The van der Waals surface area contributed by atoms with E-state index >= 15 is 0 Å². The Bertz CT molecular complexity index is 813. The van der Waals surface area contributed by atoms with Crippen LogP contribution in [-0.2, 0) is 11.2 Å². The van der Waals surface area contributed by atoms with Gasteiger partial charge in [0.2, 0.25) is 5.91 Å². The molecule has 0 saturated heterocycles. The number of carbonyl (C=O) groups excluding carboxylic acids is 2. The first-order valence-electron chi connectivity index (χ1n) is 9.23. The SMILES string of the molecule is Cc1ccccc1C(=O)NC(CC(C)C)C(=O)N1CCc2ccccc21. The van der Waals surface area contributed by atoms with Gasteiger partial charge in [0.05, 0.1) is 0 Å². The van der Waals surface area contributed by atoms with Gasteiger partial charge in [-0.25, -0.2) is 0 Å². The maximum Gasteiger partial charge on any atom is 0.252 e. The fraction of sp³-hybridized carbons (Fsp3) is 0.364. The van der Waals surface area contributed by atoms with Gasteiger partial charge in [0.1, 0.15) is 6.04 Å². The first-order chi connectivity index (χ1) is 12.5. The molecule has 4 heteroatoms. The van der Waals surface area contributed by atoms with Gasteiger partial charge in [-0.05, 0) is 48.9 Å². The van der Waals surface area contributed by atoms with Crippen LogP contribution >= 0.6 is 0 Å².